The van der Waals surface area contributed by atoms with E-state index in [9.17, 15) is 4.79 Å². The molecule has 4 nitrogen and oxygen atoms in total. The third kappa shape index (κ3) is 10.1. The number of halogens is 3. The minimum absolute atomic E-state index is 0.0697. The van der Waals surface area contributed by atoms with E-state index >= 15 is 0 Å². The maximum Gasteiger partial charge on any atom is 0.505 e. The first-order chi connectivity index (χ1) is 5.42. The molecule has 0 bridgehead atoms. The van der Waals surface area contributed by atoms with Crippen molar-refractivity contribution < 1.29 is 19.4 Å². The Balaban J connectivity index is 3.17. The summed E-state index contributed by atoms with van der Waals surface area (Å²) in [7, 11) is 0. The van der Waals surface area contributed by atoms with Crippen molar-refractivity contribution in [3.05, 3.63) is 0 Å². The van der Waals surface area contributed by atoms with E-state index in [-0.39, 0.29) is 19.8 Å². The maximum atomic E-state index is 9.80. The normalized spacial score (nSPS) is 11.2. The molecule has 1 N–H and O–H groups in total. The highest BCUT2D eigenvalue weighted by atomic mass is 35.6. The SMILES string of the molecule is O=C(O)OCCOCC(Cl)(Cl)Cl. The fourth-order valence-corrected chi connectivity index (χ4v) is 0.607. The molecule has 0 saturated carbocycles. The molecule has 72 valence electrons. The number of alkyl halides is 3. The van der Waals surface area contributed by atoms with Gasteiger partial charge in [-0.1, -0.05) is 34.8 Å². The number of ether oxygens (including phenoxy) is 2. The van der Waals surface area contributed by atoms with Crippen LogP contribution in [0, 0.1) is 0 Å². The number of rotatable bonds is 4. The van der Waals surface area contributed by atoms with E-state index in [1.165, 1.54) is 0 Å². The van der Waals surface area contributed by atoms with Gasteiger partial charge in [-0.15, -0.1) is 0 Å². The lowest BCUT2D eigenvalue weighted by molar-refractivity contribution is 0.0493. The molecule has 0 unspecified atom stereocenters. The average Bonchev–Trinajstić information content (AvgIpc) is 1.83. The molecule has 0 rings (SSSR count). The van der Waals surface area contributed by atoms with Crippen molar-refractivity contribution in [2.75, 3.05) is 19.8 Å². The summed E-state index contributed by atoms with van der Waals surface area (Å²) in [4.78, 5) is 9.80. The molecule has 7 heteroatoms. The van der Waals surface area contributed by atoms with Gasteiger partial charge in [-0.25, -0.2) is 4.79 Å². The monoisotopic (exact) mass is 236 g/mol. The van der Waals surface area contributed by atoms with Gasteiger partial charge >= 0.3 is 6.16 Å². The second-order valence-electron chi connectivity index (χ2n) is 1.78. The van der Waals surface area contributed by atoms with E-state index < -0.39 is 9.95 Å². The van der Waals surface area contributed by atoms with Crippen LogP contribution in [0.25, 0.3) is 0 Å². The molecule has 0 aliphatic heterocycles. The van der Waals surface area contributed by atoms with Gasteiger partial charge in [-0.3, -0.25) is 0 Å². The first-order valence-corrected chi connectivity index (χ1v) is 4.05. The zero-order chi connectivity index (χ0) is 9.61. The van der Waals surface area contributed by atoms with E-state index in [1.807, 2.05) is 0 Å². The predicted molar refractivity (Wildman–Crippen MR) is 45.1 cm³/mol. The van der Waals surface area contributed by atoms with E-state index in [4.69, 9.17) is 44.6 Å². The molecule has 0 fully saturated rings. The second-order valence-corrected chi connectivity index (χ2v) is 4.30. The molecule has 0 aliphatic rings. The largest absolute Gasteiger partial charge is 0.505 e. The van der Waals surface area contributed by atoms with E-state index in [2.05, 4.69) is 4.74 Å². The summed E-state index contributed by atoms with van der Waals surface area (Å²) in [5.41, 5.74) is 0. The number of hydrogen-bond donors (Lipinski definition) is 1. The lowest BCUT2D eigenvalue weighted by Gasteiger charge is -2.10. The lowest BCUT2D eigenvalue weighted by Crippen LogP contribution is -2.16. The first kappa shape index (κ1) is 12.1. The summed E-state index contributed by atoms with van der Waals surface area (Å²) in [6.07, 6.45) is -1.35. The molecule has 0 aliphatic carbocycles. The second kappa shape index (κ2) is 5.70. The quantitative estimate of drug-likeness (QED) is 0.462. The zero-order valence-corrected chi connectivity index (χ0v) is 8.19. The summed E-state index contributed by atoms with van der Waals surface area (Å²) in [6, 6.07) is 0. The first-order valence-electron chi connectivity index (χ1n) is 2.92. The molecule has 0 aromatic rings. The molecule has 0 spiro atoms. The van der Waals surface area contributed by atoms with Gasteiger partial charge in [0.1, 0.15) is 6.61 Å². The molecule has 0 amide bonds. The van der Waals surface area contributed by atoms with Gasteiger partial charge in [0.05, 0.1) is 13.2 Å². The van der Waals surface area contributed by atoms with Crippen molar-refractivity contribution >= 4 is 41.0 Å². The van der Waals surface area contributed by atoms with Gasteiger partial charge < -0.3 is 14.6 Å². The molecule has 0 heterocycles. The van der Waals surface area contributed by atoms with Gasteiger partial charge in [-0.2, -0.15) is 0 Å². The molecule has 0 aromatic carbocycles. The Hall–Kier alpha value is 0.1000. The molecule has 0 saturated heterocycles. The fraction of sp³-hybridized carbons (Fsp3) is 0.800. The average molecular weight is 237 g/mol. The van der Waals surface area contributed by atoms with Crippen molar-refractivity contribution in [3.63, 3.8) is 0 Å². The summed E-state index contributed by atoms with van der Waals surface area (Å²) in [6.45, 7) is -0.100. The standard InChI is InChI=1S/C5H7Cl3O4/c6-5(7,8)3-11-1-2-12-4(9)10/h1-3H2,(H,9,10). The fourth-order valence-electron chi connectivity index (χ4n) is 0.376. The van der Waals surface area contributed by atoms with E-state index in [0.717, 1.165) is 0 Å². The Morgan fingerprint density at radius 1 is 1.33 bits per heavy atom. The topological polar surface area (TPSA) is 55.8 Å². The highest BCUT2D eigenvalue weighted by Crippen LogP contribution is 2.25. The van der Waals surface area contributed by atoms with Crippen LogP contribution in [0.15, 0.2) is 0 Å². The van der Waals surface area contributed by atoms with Crippen LogP contribution >= 0.6 is 34.8 Å². The molecule has 0 radical (unpaired) electrons. The summed E-state index contributed by atoms with van der Waals surface area (Å²) in [5.74, 6) is 0. The van der Waals surface area contributed by atoms with Gasteiger partial charge in [0, 0.05) is 0 Å². The Morgan fingerprint density at radius 3 is 2.33 bits per heavy atom. The van der Waals surface area contributed by atoms with Crippen molar-refractivity contribution in [2.24, 2.45) is 0 Å². The maximum absolute atomic E-state index is 9.80. The van der Waals surface area contributed by atoms with Crippen LogP contribution in [0.3, 0.4) is 0 Å². The summed E-state index contributed by atoms with van der Waals surface area (Å²) < 4.78 is 7.41. The van der Waals surface area contributed by atoms with Crippen LogP contribution in [0.1, 0.15) is 0 Å². The van der Waals surface area contributed by atoms with Gasteiger partial charge in [0.2, 0.25) is 3.79 Å². The molecule has 0 aromatic heterocycles. The number of carbonyl (C=O) groups is 1. The van der Waals surface area contributed by atoms with Crippen LogP contribution in [-0.2, 0) is 9.47 Å². The van der Waals surface area contributed by atoms with Crippen LogP contribution in [0.4, 0.5) is 4.79 Å². The smallest absolute Gasteiger partial charge is 0.450 e. The summed E-state index contributed by atoms with van der Waals surface area (Å²) in [5, 5.41) is 8.02. The van der Waals surface area contributed by atoms with Crippen molar-refractivity contribution in [1.82, 2.24) is 0 Å². The van der Waals surface area contributed by atoms with Crippen molar-refractivity contribution in [3.8, 4) is 0 Å². The van der Waals surface area contributed by atoms with Gasteiger partial charge in [0.15, 0.2) is 0 Å². The van der Waals surface area contributed by atoms with Crippen LogP contribution in [-0.4, -0.2) is 34.9 Å². The van der Waals surface area contributed by atoms with Crippen molar-refractivity contribution in [2.45, 2.75) is 3.79 Å². The third-order valence-electron chi connectivity index (χ3n) is 0.719. The predicted octanol–water partition coefficient (Wildman–Crippen LogP) is 2.07. The van der Waals surface area contributed by atoms with E-state index in [0.29, 0.717) is 0 Å². The highest BCUT2D eigenvalue weighted by Gasteiger charge is 2.19. The Bertz CT molecular complexity index is 144. The molecular weight excluding hydrogens is 230 g/mol. The van der Waals surface area contributed by atoms with Crippen LogP contribution < -0.4 is 0 Å². The Labute approximate surface area is 84.3 Å². The molecule has 0 atom stereocenters. The van der Waals surface area contributed by atoms with Crippen molar-refractivity contribution in [1.29, 1.82) is 0 Å². The highest BCUT2D eigenvalue weighted by molar-refractivity contribution is 6.67. The van der Waals surface area contributed by atoms with E-state index in [1.54, 1.807) is 0 Å². The Morgan fingerprint density at radius 2 is 1.92 bits per heavy atom. The minimum atomic E-state index is -1.47. The van der Waals surface area contributed by atoms with Crippen LogP contribution in [0.2, 0.25) is 0 Å². The lowest BCUT2D eigenvalue weighted by atomic mass is 10.7. The van der Waals surface area contributed by atoms with Gasteiger partial charge in [0.25, 0.3) is 0 Å². The Kier molecular flexibility index (Phi) is 5.74. The minimum Gasteiger partial charge on any atom is -0.450 e. The number of carboxylic acid groups (broad SMARTS) is 1. The zero-order valence-electron chi connectivity index (χ0n) is 5.93. The van der Waals surface area contributed by atoms with Crippen LogP contribution in [0.5, 0.6) is 0 Å². The van der Waals surface area contributed by atoms with Gasteiger partial charge in [-0.05, 0) is 0 Å². The molecular formula is C5H7Cl3O4. The summed E-state index contributed by atoms with van der Waals surface area (Å²) >= 11 is 16.0. The molecule has 12 heavy (non-hydrogen) atoms. The third-order valence-corrected chi connectivity index (χ3v) is 1.05. The number of hydrogen-bond acceptors (Lipinski definition) is 3.